The number of nitrogens with zero attached hydrogens (tertiary/aromatic N) is 3. The Morgan fingerprint density at radius 3 is 2.68 bits per heavy atom. The van der Waals surface area contributed by atoms with Gasteiger partial charge < -0.3 is 10.3 Å². The molecule has 3 N–H and O–H groups in total. The molecule has 2 heterocycles. The number of hydrogen-bond acceptors (Lipinski definition) is 4. The van der Waals surface area contributed by atoms with Crippen LogP contribution in [0.1, 0.15) is 12.6 Å². The van der Waals surface area contributed by atoms with Crippen molar-refractivity contribution >= 4 is 15.8 Å². The quantitative estimate of drug-likeness (QED) is 0.835. The van der Waals surface area contributed by atoms with Gasteiger partial charge in [0.1, 0.15) is 4.90 Å². The van der Waals surface area contributed by atoms with Gasteiger partial charge in [0.2, 0.25) is 0 Å². The molecule has 2 aromatic heterocycles. The van der Waals surface area contributed by atoms with Crippen molar-refractivity contribution in [3.63, 3.8) is 0 Å². The summed E-state index contributed by atoms with van der Waals surface area (Å²) in [5.74, 6) is 0.293. The topological polar surface area (TPSA) is 94.9 Å². The van der Waals surface area contributed by atoms with Gasteiger partial charge in [0.15, 0.2) is 5.82 Å². The Hall–Kier alpha value is -1.80. The van der Waals surface area contributed by atoms with Crippen LogP contribution in [0, 0.1) is 0 Å². The number of aromatic nitrogens is 3. The maximum absolute atomic E-state index is 12.2. The van der Waals surface area contributed by atoms with Crippen LogP contribution in [-0.2, 0) is 30.2 Å². The van der Waals surface area contributed by atoms with Gasteiger partial charge in [-0.1, -0.05) is 0 Å². The second-order valence-corrected chi connectivity index (χ2v) is 5.82. The van der Waals surface area contributed by atoms with E-state index in [1.807, 2.05) is 11.5 Å². The zero-order valence-corrected chi connectivity index (χ0v) is 11.7. The van der Waals surface area contributed by atoms with Crippen molar-refractivity contribution in [1.29, 1.82) is 0 Å². The van der Waals surface area contributed by atoms with E-state index in [4.69, 9.17) is 5.73 Å². The number of nitrogens with two attached hydrogens (primary N) is 1. The summed E-state index contributed by atoms with van der Waals surface area (Å²) < 4.78 is 30.2. The summed E-state index contributed by atoms with van der Waals surface area (Å²) >= 11 is 0. The van der Waals surface area contributed by atoms with Crippen molar-refractivity contribution in [3.8, 4) is 0 Å². The number of rotatable bonds is 5. The first-order valence-corrected chi connectivity index (χ1v) is 7.36. The van der Waals surface area contributed by atoms with Gasteiger partial charge in [-0.2, -0.15) is 5.10 Å². The van der Waals surface area contributed by atoms with E-state index in [9.17, 15) is 8.42 Å². The summed E-state index contributed by atoms with van der Waals surface area (Å²) in [5.41, 5.74) is 6.37. The molecule has 7 nitrogen and oxygen atoms in total. The van der Waals surface area contributed by atoms with Crippen LogP contribution < -0.4 is 10.5 Å². The molecule has 0 aliphatic heterocycles. The lowest BCUT2D eigenvalue weighted by Gasteiger charge is -2.02. The maximum Gasteiger partial charge on any atom is 0.264 e. The Kier molecular flexibility index (Phi) is 3.63. The Morgan fingerprint density at radius 2 is 2.21 bits per heavy atom. The maximum atomic E-state index is 12.2. The van der Waals surface area contributed by atoms with Crippen LogP contribution >= 0.6 is 0 Å². The fourth-order valence-corrected chi connectivity index (χ4v) is 2.86. The van der Waals surface area contributed by atoms with Crippen LogP contribution in [0.15, 0.2) is 29.4 Å². The summed E-state index contributed by atoms with van der Waals surface area (Å²) in [7, 11) is -1.90. The number of nitrogens with one attached hydrogen (secondary N) is 1. The van der Waals surface area contributed by atoms with Crippen LogP contribution in [0.5, 0.6) is 0 Å². The molecule has 0 atom stereocenters. The lowest BCUT2D eigenvalue weighted by atomic mass is 10.4. The van der Waals surface area contributed by atoms with Crippen molar-refractivity contribution in [1.82, 2.24) is 14.3 Å². The van der Waals surface area contributed by atoms with Crippen LogP contribution in [0.3, 0.4) is 0 Å². The molecule has 0 amide bonds. The number of anilines is 1. The Morgan fingerprint density at radius 1 is 1.47 bits per heavy atom. The number of aryl methyl sites for hydroxylation is 2. The molecule has 104 valence electrons. The molecule has 0 radical (unpaired) electrons. The predicted octanol–water partition coefficient (Wildman–Crippen LogP) is 0.501. The molecule has 0 saturated carbocycles. The minimum atomic E-state index is -3.62. The van der Waals surface area contributed by atoms with Crippen LogP contribution in [0.2, 0.25) is 0 Å². The normalized spacial score (nSPS) is 11.7. The number of sulfonamides is 1. The molecule has 19 heavy (non-hydrogen) atoms. The van der Waals surface area contributed by atoms with E-state index in [2.05, 4.69) is 9.82 Å². The average molecular weight is 283 g/mol. The Balaban J connectivity index is 2.31. The van der Waals surface area contributed by atoms with Gasteiger partial charge in [-0.05, 0) is 13.0 Å². The standard InChI is InChI=1S/C11H17N5O2S/c1-3-16-8-10(6-9(16)7-12)19(17,18)14-11-4-5-15(2)13-11/h4-6,8H,3,7,12H2,1-2H3,(H,13,14). The predicted molar refractivity (Wildman–Crippen MR) is 72.0 cm³/mol. The molecular formula is C11H17N5O2S. The van der Waals surface area contributed by atoms with Gasteiger partial charge >= 0.3 is 0 Å². The SMILES string of the molecule is CCn1cc(S(=O)(=O)Nc2ccn(C)n2)cc1CN. The van der Waals surface area contributed by atoms with Gasteiger partial charge in [-0.3, -0.25) is 9.40 Å². The van der Waals surface area contributed by atoms with Gasteiger partial charge in [0.25, 0.3) is 10.0 Å². The smallest absolute Gasteiger partial charge is 0.264 e. The van der Waals surface area contributed by atoms with Gasteiger partial charge in [0, 0.05) is 44.3 Å². The highest BCUT2D eigenvalue weighted by atomic mass is 32.2. The van der Waals surface area contributed by atoms with Crippen molar-refractivity contribution in [2.24, 2.45) is 12.8 Å². The number of hydrogen-bond donors (Lipinski definition) is 2. The largest absolute Gasteiger partial charge is 0.349 e. The van der Waals surface area contributed by atoms with E-state index in [1.54, 1.807) is 31.6 Å². The van der Waals surface area contributed by atoms with Crippen LogP contribution in [-0.4, -0.2) is 22.8 Å². The first kappa shape index (κ1) is 13.6. The van der Waals surface area contributed by atoms with E-state index in [-0.39, 0.29) is 4.90 Å². The van der Waals surface area contributed by atoms with Crippen molar-refractivity contribution in [2.75, 3.05) is 4.72 Å². The highest BCUT2D eigenvalue weighted by molar-refractivity contribution is 7.92. The highest BCUT2D eigenvalue weighted by Crippen LogP contribution is 2.17. The van der Waals surface area contributed by atoms with Crippen LogP contribution in [0.4, 0.5) is 5.82 Å². The molecule has 2 aromatic rings. The first-order chi connectivity index (χ1) is 8.96. The van der Waals surface area contributed by atoms with Crippen molar-refractivity contribution < 1.29 is 8.42 Å². The van der Waals surface area contributed by atoms with Gasteiger partial charge in [-0.25, -0.2) is 8.42 Å². The minimum absolute atomic E-state index is 0.195. The van der Waals surface area contributed by atoms with Gasteiger partial charge in [0.05, 0.1) is 0 Å². The monoisotopic (exact) mass is 283 g/mol. The molecular weight excluding hydrogens is 266 g/mol. The molecule has 0 aromatic carbocycles. The van der Waals surface area contributed by atoms with Crippen molar-refractivity contribution in [2.45, 2.75) is 24.9 Å². The third-order valence-electron chi connectivity index (χ3n) is 2.77. The fourth-order valence-electron chi connectivity index (χ4n) is 1.80. The third kappa shape index (κ3) is 2.79. The molecule has 0 spiro atoms. The lowest BCUT2D eigenvalue weighted by Crippen LogP contribution is -2.13. The fraction of sp³-hybridized carbons (Fsp3) is 0.364. The van der Waals surface area contributed by atoms with E-state index < -0.39 is 10.0 Å². The van der Waals surface area contributed by atoms with E-state index in [0.29, 0.717) is 18.9 Å². The Labute approximate surface area is 112 Å². The molecule has 0 saturated heterocycles. The van der Waals surface area contributed by atoms with E-state index in [0.717, 1.165) is 5.69 Å². The van der Waals surface area contributed by atoms with Crippen LogP contribution in [0.25, 0.3) is 0 Å². The molecule has 0 aliphatic rings. The molecule has 0 fully saturated rings. The molecule has 8 heteroatoms. The summed E-state index contributed by atoms with van der Waals surface area (Å²) in [6, 6.07) is 3.17. The molecule has 2 rings (SSSR count). The van der Waals surface area contributed by atoms with Gasteiger partial charge in [-0.15, -0.1) is 0 Å². The molecule has 0 unspecified atom stereocenters. The average Bonchev–Trinajstić information content (AvgIpc) is 2.94. The summed E-state index contributed by atoms with van der Waals surface area (Å²) in [4.78, 5) is 0.195. The third-order valence-corrected chi connectivity index (χ3v) is 4.10. The first-order valence-electron chi connectivity index (χ1n) is 5.88. The molecule has 0 bridgehead atoms. The van der Waals surface area contributed by atoms with E-state index >= 15 is 0 Å². The lowest BCUT2D eigenvalue weighted by molar-refractivity contribution is 0.600. The van der Waals surface area contributed by atoms with E-state index in [1.165, 1.54) is 4.68 Å². The highest BCUT2D eigenvalue weighted by Gasteiger charge is 2.18. The van der Waals surface area contributed by atoms with Crippen molar-refractivity contribution in [3.05, 3.63) is 30.2 Å². The second kappa shape index (κ2) is 5.06. The summed E-state index contributed by atoms with van der Waals surface area (Å²) in [6.07, 6.45) is 3.24. The molecule has 0 aliphatic carbocycles. The zero-order chi connectivity index (χ0) is 14.0. The summed E-state index contributed by atoms with van der Waals surface area (Å²) in [6.45, 7) is 2.90. The summed E-state index contributed by atoms with van der Waals surface area (Å²) in [5, 5.41) is 3.99. The Bertz CT molecular complexity index is 650. The minimum Gasteiger partial charge on any atom is -0.349 e. The second-order valence-electron chi connectivity index (χ2n) is 4.14. The zero-order valence-electron chi connectivity index (χ0n) is 10.9.